The molecule has 0 saturated heterocycles. The summed E-state index contributed by atoms with van der Waals surface area (Å²) in [7, 11) is 0. The zero-order valence-corrected chi connectivity index (χ0v) is 31.2. The standard InChI is InChI=1S/C52H40N4/c1-53-42-24-20-36(21-25-42)39-12-9-13-40(29-39)50-54-49(38-10-3-2-4-11-38)55-51(56-50)48-45-16-7-5-14-43(45)47(44-15-6-8-17-46(44)48)37-18-22-41(23-19-37)52-30-33-26-34(31-52)28-35(27-33)32-52/h2-25,29,33-35H,26-28,30-32H2. The lowest BCUT2D eigenvalue weighted by molar-refractivity contribution is -0.00518. The summed E-state index contributed by atoms with van der Waals surface area (Å²) >= 11 is 0. The van der Waals surface area contributed by atoms with Crippen molar-refractivity contribution in [3.63, 3.8) is 0 Å². The number of aromatic nitrogens is 3. The van der Waals surface area contributed by atoms with Gasteiger partial charge < -0.3 is 0 Å². The molecule has 0 aliphatic heterocycles. The van der Waals surface area contributed by atoms with Gasteiger partial charge in [-0.3, -0.25) is 0 Å². The van der Waals surface area contributed by atoms with Crippen LogP contribution in [0.2, 0.25) is 0 Å². The van der Waals surface area contributed by atoms with Crippen molar-refractivity contribution < 1.29 is 0 Å². The van der Waals surface area contributed by atoms with E-state index in [1.807, 2.05) is 48.5 Å². The van der Waals surface area contributed by atoms with E-state index in [1.54, 1.807) is 5.56 Å². The third kappa shape index (κ3) is 5.53. The monoisotopic (exact) mass is 720 g/mol. The first kappa shape index (κ1) is 32.9. The molecular formula is C52H40N4. The van der Waals surface area contributed by atoms with Crippen LogP contribution in [-0.2, 0) is 5.41 Å². The van der Waals surface area contributed by atoms with Gasteiger partial charge in [-0.25, -0.2) is 19.8 Å². The highest BCUT2D eigenvalue weighted by Crippen LogP contribution is 2.61. The maximum Gasteiger partial charge on any atom is 0.187 e. The van der Waals surface area contributed by atoms with Crippen LogP contribution in [0.5, 0.6) is 0 Å². The Morgan fingerprint density at radius 2 is 0.911 bits per heavy atom. The molecule has 4 bridgehead atoms. The summed E-state index contributed by atoms with van der Waals surface area (Å²) in [4.78, 5) is 19.2. The predicted molar refractivity (Wildman–Crippen MR) is 228 cm³/mol. The average molecular weight is 721 g/mol. The average Bonchev–Trinajstić information content (AvgIpc) is 3.25. The zero-order chi connectivity index (χ0) is 37.2. The number of fused-ring (bicyclic) bond motifs is 2. The molecule has 1 aromatic heterocycles. The van der Waals surface area contributed by atoms with Gasteiger partial charge in [-0.1, -0.05) is 146 Å². The topological polar surface area (TPSA) is 43.0 Å². The molecule has 8 aromatic rings. The quantitative estimate of drug-likeness (QED) is 0.127. The molecule has 56 heavy (non-hydrogen) atoms. The van der Waals surface area contributed by atoms with Gasteiger partial charge in [0.15, 0.2) is 23.2 Å². The van der Waals surface area contributed by atoms with Crippen LogP contribution in [0.3, 0.4) is 0 Å². The van der Waals surface area contributed by atoms with Crippen molar-refractivity contribution in [3.05, 3.63) is 169 Å². The van der Waals surface area contributed by atoms with Crippen LogP contribution in [0.15, 0.2) is 152 Å². The van der Waals surface area contributed by atoms with E-state index in [-0.39, 0.29) is 0 Å². The molecule has 4 fully saturated rings. The Morgan fingerprint density at radius 1 is 0.429 bits per heavy atom. The second-order valence-corrected chi connectivity index (χ2v) is 16.5. The van der Waals surface area contributed by atoms with Crippen LogP contribution < -0.4 is 0 Å². The molecule has 0 spiro atoms. The lowest BCUT2D eigenvalue weighted by Crippen LogP contribution is -2.48. The van der Waals surface area contributed by atoms with Gasteiger partial charge in [0, 0.05) is 16.7 Å². The molecule has 12 rings (SSSR count). The highest BCUT2D eigenvalue weighted by atomic mass is 15.0. The van der Waals surface area contributed by atoms with Crippen molar-refractivity contribution in [1.29, 1.82) is 0 Å². The SMILES string of the molecule is [C-]#[N+]c1ccc(-c2cccc(-c3nc(-c4ccccc4)nc(-c4c5ccccc5c(-c5ccc(C67CC8CC(CC(C8)C6)C7)cc5)c5ccccc45)n3)c2)cc1. The summed E-state index contributed by atoms with van der Waals surface area (Å²) in [6.45, 7) is 7.38. The molecule has 4 aliphatic carbocycles. The van der Waals surface area contributed by atoms with Crippen molar-refractivity contribution in [2.75, 3.05) is 0 Å². The van der Waals surface area contributed by atoms with Gasteiger partial charge in [0.2, 0.25) is 0 Å². The van der Waals surface area contributed by atoms with E-state index < -0.39 is 0 Å². The molecule has 4 saturated carbocycles. The molecule has 0 atom stereocenters. The smallest absolute Gasteiger partial charge is 0.187 e. The van der Waals surface area contributed by atoms with E-state index in [9.17, 15) is 0 Å². The normalized spacial score (nSPS) is 21.0. The van der Waals surface area contributed by atoms with Gasteiger partial charge in [-0.15, -0.1) is 0 Å². The van der Waals surface area contributed by atoms with Crippen molar-refractivity contribution in [1.82, 2.24) is 15.0 Å². The summed E-state index contributed by atoms with van der Waals surface area (Å²) in [6.07, 6.45) is 8.50. The molecular weight excluding hydrogens is 681 g/mol. The first-order valence-electron chi connectivity index (χ1n) is 20.1. The van der Waals surface area contributed by atoms with E-state index in [2.05, 4.69) is 108 Å². The number of hydrogen-bond acceptors (Lipinski definition) is 3. The summed E-state index contributed by atoms with van der Waals surface area (Å²) in [5.74, 6) is 4.67. The minimum absolute atomic E-state index is 0.372. The van der Waals surface area contributed by atoms with Gasteiger partial charge in [0.1, 0.15) is 0 Å². The van der Waals surface area contributed by atoms with Crippen LogP contribution in [0, 0.1) is 24.3 Å². The first-order chi connectivity index (χ1) is 27.6. The van der Waals surface area contributed by atoms with Crippen LogP contribution in [0.1, 0.15) is 44.1 Å². The van der Waals surface area contributed by atoms with Gasteiger partial charge in [-0.05, 0) is 117 Å². The zero-order valence-electron chi connectivity index (χ0n) is 31.2. The number of rotatable bonds is 6. The van der Waals surface area contributed by atoms with Gasteiger partial charge in [-0.2, -0.15) is 0 Å². The largest absolute Gasteiger partial charge is 0.238 e. The molecule has 0 unspecified atom stereocenters. The molecule has 4 heteroatoms. The van der Waals surface area contributed by atoms with Crippen molar-refractivity contribution in [3.8, 4) is 56.4 Å². The summed E-state index contributed by atoms with van der Waals surface area (Å²) in [6, 6.07) is 53.5. The minimum atomic E-state index is 0.372. The fourth-order valence-electron chi connectivity index (χ4n) is 11.0. The second-order valence-electron chi connectivity index (χ2n) is 16.5. The Labute approximate surface area is 327 Å². The molecule has 268 valence electrons. The molecule has 0 N–H and O–H groups in total. The van der Waals surface area contributed by atoms with Crippen LogP contribution in [0.4, 0.5) is 5.69 Å². The van der Waals surface area contributed by atoms with Crippen LogP contribution in [0.25, 0.3) is 82.8 Å². The fraction of sp³-hybridized carbons (Fsp3) is 0.192. The minimum Gasteiger partial charge on any atom is -0.238 e. The van der Waals surface area contributed by atoms with E-state index in [0.717, 1.165) is 56.3 Å². The van der Waals surface area contributed by atoms with Crippen molar-refractivity contribution >= 4 is 27.2 Å². The number of hydrogen-bond donors (Lipinski definition) is 0. The number of benzene rings is 7. The number of nitrogens with zero attached hydrogens (tertiary/aromatic N) is 4. The van der Waals surface area contributed by atoms with Gasteiger partial charge in [0.25, 0.3) is 0 Å². The lowest BCUT2D eigenvalue weighted by Gasteiger charge is -2.57. The Bertz CT molecular complexity index is 2740. The van der Waals surface area contributed by atoms with Gasteiger partial charge >= 0.3 is 0 Å². The summed E-state index contributed by atoms with van der Waals surface area (Å²) in [5, 5.41) is 4.63. The van der Waals surface area contributed by atoms with E-state index in [0.29, 0.717) is 28.6 Å². The Kier molecular flexibility index (Phi) is 7.71. The predicted octanol–water partition coefficient (Wildman–Crippen LogP) is 13.5. The lowest BCUT2D eigenvalue weighted by atomic mass is 9.48. The summed E-state index contributed by atoms with van der Waals surface area (Å²) in [5.41, 5.74) is 9.99. The van der Waals surface area contributed by atoms with Crippen LogP contribution in [-0.4, -0.2) is 15.0 Å². The summed E-state index contributed by atoms with van der Waals surface area (Å²) < 4.78 is 0. The fourth-order valence-corrected chi connectivity index (χ4v) is 11.0. The van der Waals surface area contributed by atoms with E-state index >= 15 is 0 Å². The van der Waals surface area contributed by atoms with Crippen molar-refractivity contribution in [2.45, 2.75) is 43.9 Å². The van der Waals surface area contributed by atoms with Crippen LogP contribution >= 0.6 is 0 Å². The maximum atomic E-state index is 7.38. The molecule has 0 amide bonds. The Hall–Kier alpha value is -6.44. The van der Waals surface area contributed by atoms with E-state index in [1.165, 1.54) is 60.4 Å². The van der Waals surface area contributed by atoms with Gasteiger partial charge in [0.05, 0.1) is 6.57 Å². The first-order valence-corrected chi connectivity index (χ1v) is 20.1. The molecule has 0 radical (unpaired) electrons. The molecule has 4 nitrogen and oxygen atoms in total. The van der Waals surface area contributed by atoms with Crippen molar-refractivity contribution in [2.24, 2.45) is 17.8 Å². The molecule has 4 aliphatic rings. The highest BCUT2D eigenvalue weighted by Gasteiger charge is 2.51. The van der Waals surface area contributed by atoms with E-state index in [4.69, 9.17) is 21.5 Å². The Morgan fingerprint density at radius 3 is 1.50 bits per heavy atom. The highest BCUT2D eigenvalue weighted by molar-refractivity contribution is 6.20. The molecule has 7 aromatic carbocycles. The third-order valence-corrected chi connectivity index (χ3v) is 13.1. The second kappa shape index (κ2) is 13.1. The Balaban J connectivity index is 1.08. The maximum absolute atomic E-state index is 7.38. The molecule has 1 heterocycles. The third-order valence-electron chi connectivity index (χ3n) is 13.1.